The van der Waals surface area contributed by atoms with Crippen LogP contribution in [0.1, 0.15) is 27.3 Å². The predicted molar refractivity (Wildman–Crippen MR) is 141 cm³/mol. The molecule has 0 fully saturated rings. The summed E-state index contributed by atoms with van der Waals surface area (Å²) < 4.78 is 55.5. The standard InChI is InChI=1S/C26H20F4N6O4S/c1-15-18(8-5-11-21(15)36(39)40)24(38)31-13-22-33-34-25(35(22)17-7-4-6-16(12-17)26(28,29)30)41-14-23(37)32-20-10-3-2-9-19(20)27/h2-12H,13-14H2,1H3,(H,31,38)(H,32,37). The van der Waals surface area contributed by atoms with E-state index in [1.807, 2.05) is 0 Å². The minimum atomic E-state index is -4.65. The summed E-state index contributed by atoms with van der Waals surface area (Å²) in [5.41, 5.74) is -1.07. The van der Waals surface area contributed by atoms with Crippen LogP contribution in [0.4, 0.5) is 28.9 Å². The summed E-state index contributed by atoms with van der Waals surface area (Å²) >= 11 is 0.833. The molecule has 0 aliphatic heterocycles. The summed E-state index contributed by atoms with van der Waals surface area (Å²) in [7, 11) is 0. The molecule has 3 aromatic carbocycles. The number of hydrogen-bond acceptors (Lipinski definition) is 7. The molecule has 1 heterocycles. The Morgan fingerprint density at radius 2 is 1.78 bits per heavy atom. The number of thioether (sulfide) groups is 1. The third kappa shape index (κ3) is 6.87. The van der Waals surface area contributed by atoms with Gasteiger partial charge >= 0.3 is 6.18 Å². The maximum Gasteiger partial charge on any atom is 0.416 e. The number of carbonyl (C=O) groups is 2. The zero-order chi connectivity index (χ0) is 29.7. The van der Waals surface area contributed by atoms with Crippen LogP contribution in [0.2, 0.25) is 0 Å². The summed E-state index contributed by atoms with van der Waals surface area (Å²) in [5, 5.41) is 24.2. The van der Waals surface area contributed by atoms with Crippen LogP contribution in [-0.2, 0) is 17.5 Å². The molecule has 41 heavy (non-hydrogen) atoms. The molecule has 0 radical (unpaired) electrons. The van der Waals surface area contributed by atoms with Crippen LogP contribution >= 0.6 is 11.8 Å². The highest BCUT2D eigenvalue weighted by Gasteiger charge is 2.31. The number of nitrogens with one attached hydrogen (secondary N) is 2. The monoisotopic (exact) mass is 588 g/mol. The van der Waals surface area contributed by atoms with Gasteiger partial charge in [-0.3, -0.25) is 24.3 Å². The molecule has 2 amide bonds. The Labute approximate surface area is 233 Å². The maximum atomic E-state index is 13.9. The number of para-hydroxylation sites is 1. The Kier molecular flexibility index (Phi) is 8.66. The second-order valence-corrected chi connectivity index (χ2v) is 9.43. The second kappa shape index (κ2) is 12.2. The van der Waals surface area contributed by atoms with Crippen molar-refractivity contribution >= 4 is 35.0 Å². The third-order valence-corrected chi connectivity index (χ3v) is 6.69. The van der Waals surface area contributed by atoms with Crippen LogP contribution in [0.5, 0.6) is 0 Å². The number of alkyl halides is 3. The first kappa shape index (κ1) is 29.2. The molecule has 15 heteroatoms. The lowest BCUT2D eigenvalue weighted by Crippen LogP contribution is -2.25. The molecule has 0 aliphatic rings. The summed E-state index contributed by atoms with van der Waals surface area (Å²) in [6.07, 6.45) is -4.65. The molecule has 2 N–H and O–H groups in total. The van der Waals surface area contributed by atoms with Gasteiger partial charge in [0, 0.05) is 17.2 Å². The molecular weight excluding hydrogens is 568 g/mol. The number of nitrogens with zero attached hydrogens (tertiary/aromatic N) is 4. The number of carbonyl (C=O) groups excluding carboxylic acids is 2. The highest BCUT2D eigenvalue weighted by atomic mass is 32.2. The zero-order valence-electron chi connectivity index (χ0n) is 21.1. The Balaban J connectivity index is 1.60. The van der Waals surface area contributed by atoms with E-state index in [0.29, 0.717) is 0 Å². The first-order valence-corrected chi connectivity index (χ1v) is 12.8. The van der Waals surface area contributed by atoms with Crippen LogP contribution in [0.15, 0.2) is 71.9 Å². The first-order valence-electron chi connectivity index (χ1n) is 11.8. The highest BCUT2D eigenvalue weighted by Crippen LogP contribution is 2.32. The first-order chi connectivity index (χ1) is 19.5. The molecule has 1 aromatic heterocycles. The molecule has 10 nitrogen and oxygen atoms in total. The predicted octanol–water partition coefficient (Wildman–Crippen LogP) is 5.30. The molecule has 0 unspecified atom stereocenters. The van der Waals surface area contributed by atoms with E-state index in [-0.39, 0.29) is 51.5 Å². The Hall–Kier alpha value is -4.79. The van der Waals surface area contributed by atoms with E-state index < -0.39 is 34.3 Å². The van der Waals surface area contributed by atoms with E-state index in [0.717, 1.165) is 23.9 Å². The van der Waals surface area contributed by atoms with Crippen LogP contribution in [0, 0.1) is 22.9 Å². The normalized spacial score (nSPS) is 11.2. The SMILES string of the molecule is Cc1c(C(=O)NCc2nnc(SCC(=O)Nc3ccccc3F)n2-c2cccc(C(F)(F)F)c2)cccc1[N+](=O)[O-]. The zero-order valence-corrected chi connectivity index (χ0v) is 21.9. The number of amides is 2. The fourth-order valence-corrected chi connectivity index (χ4v) is 4.56. The van der Waals surface area contributed by atoms with Gasteiger partial charge in [0.25, 0.3) is 11.6 Å². The van der Waals surface area contributed by atoms with Crippen molar-refractivity contribution in [3.05, 3.63) is 105 Å². The van der Waals surface area contributed by atoms with Gasteiger partial charge in [-0.15, -0.1) is 10.2 Å². The van der Waals surface area contributed by atoms with E-state index >= 15 is 0 Å². The van der Waals surface area contributed by atoms with Gasteiger partial charge < -0.3 is 10.6 Å². The van der Waals surface area contributed by atoms with Gasteiger partial charge in [0.15, 0.2) is 11.0 Å². The molecular formula is C26H20F4N6O4S. The minimum Gasteiger partial charge on any atom is -0.345 e. The van der Waals surface area contributed by atoms with Gasteiger partial charge in [-0.05, 0) is 43.3 Å². The molecule has 212 valence electrons. The van der Waals surface area contributed by atoms with Crippen molar-refractivity contribution in [3.63, 3.8) is 0 Å². The molecule has 0 spiro atoms. The van der Waals surface area contributed by atoms with Crippen LogP contribution in [0.25, 0.3) is 5.69 Å². The van der Waals surface area contributed by atoms with Crippen molar-refractivity contribution in [2.45, 2.75) is 24.8 Å². The summed E-state index contributed by atoms with van der Waals surface area (Å²) in [6, 6.07) is 13.8. The number of nitro groups is 1. The van der Waals surface area contributed by atoms with Gasteiger partial charge in [-0.2, -0.15) is 13.2 Å². The number of benzene rings is 3. The Bertz CT molecular complexity index is 1630. The van der Waals surface area contributed by atoms with Crippen molar-refractivity contribution < 1.29 is 32.1 Å². The molecule has 0 atom stereocenters. The molecule has 4 rings (SSSR count). The molecule has 0 bridgehead atoms. The highest BCUT2D eigenvalue weighted by molar-refractivity contribution is 7.99. The number of aromatic nitrogens is 3. The van der Waals surface area contributed by atoms with Crippen molar-refractivity contribution in [2.24, 2.45) is 0 Å². The van der Waals surface area contributed by atoms with E-state index in [1.165, 1.54) is 66.1 Å². The van der Waals surface area contributed by atoms with Crippen molar-refractivity contribution in [2.75, 3.05) is 11.1 Å². The average Bonchev–Trinajstić information content (AvgIpc) is 3.34. The van der Waals surface area contributed by atoms with Gasteiger partial charge in [-0.1, -0.05) is 36.0 Å². The Morgan fingerprint density at radius 3 is 2.49 bits per heavy atom. The number of halogens is 4. The average molecular weight is 589 g/mol. The van der Waals surface area contributed by atoms with E-state index in [9.17, 15) is 37.3 Å². The summed E-state index contributed by atoms with van der Waals surface area (Å²) in [6.45, 7) is 1.10. The summed E-state index contributed by atoms with van der Waals surface area (Å²) in [4.78, 5) is 35.9. The molecule has 0 aliphatic carbocycles. The fraction of sp³-hybridized carbons (Fsp3) is 0.154. The molecule has 0 saturated heterocycles. The second-order valence-electron chi connectivity index (χ2n) is 8.49. The number of hydrogen-bond donors (Lipinski definition) is 2. The van der Waals surface area contributed by atoms with Crippen LogP contribution in [-0.4, -0.2) is 37.3 Å². The minimum absolute atomic E-state index is 0.0117. The summed E-state index contributed by atoms with van der Waals surface area (Å²) in [5.74, 6) is -2.18. The number of nitro benzene ring substituents is 1. The smallest absolute Gasteiger partial charge is 0.345 e. The van der Waals surface area contributed by atoms with E-state index in [1.54, 1.807) is 0 Å². The van der Waals surface area contributed by atoms with Gasteiger partial charge in [0.2, 0.25) is 5.91 Å². The van der Waals surface area contributed by atoms with Gasteiger partial charge in [-0.25, -0.2) is 4.39 Å². The van der Waals surface area contributed by atoms with E-state index in [2.05, 4.69) is 20.8 Å². The number of anilines is 1. The van der Waals surface area contributed by atoms with Crippen LogP contribution < -0.4 is 10.6 Å². The largest absolute Gasteiger partial charge is 0.416 e. The third-order valence-electron chi connectivity index (χ3n) is 5.77. The lowest BCUT2D eigenvalue weighted by Gasteiger charge is -2.14. The quantitative estimate of drug-likeness (QED) is 0.117. The van der Waals surface area contributed by atoms with Gasteiger partial charge in [0.05, 0.1) is 34.2 Å². The van der Waals surface area contributed by atoms with Crippen molar-refractivity contribution in [1.29, 1.82) is 0 Å². The van der Waals surface area contributed by atoms with Gasteiger partial charge in [0.1, 0.15) is 5.82 Å². The van der Waals surface area contributed by atoms with Crippen molar-refractivity contribution in [1.82, 2.24) is 20.1 Å². The fourth-order valence-electron chi connectivity index (χ4n) is 3.79. The topological polar surface area (TPSA) is 132 Å². The Morgan fingerprint density at radius 1 is 1.05 bits per heavy atom. The van der Waals surface area contributed by atoms with E-state index in [4.69, 9.17) is 0 Å². The van der Waals surface area contributed by atoms with Crippen molar-refractivity contribution in [3.8, 4) is 5.69 Å². The lowest BCUT2D eigenvalue weighted by molar-refractivity contribution is -0.385. The molecule has 4 aromatic rings. The molecule has 0 saturated carbocycles. The lowest BCUT2D eigenvalue weighted by atomic mass is 10.1. The number of rotatable bonds is 9. The maximum absolute atomic E-state index is 13.9. The van der Waals surface area contributed by atoms with Crippen LogP contribution in [0.3, 0.4) is 0 Å².